The summed E-state index contributed by atoms with van der Waals surface area (Å²) in [5, 5.41) is 0. The Morgan fingerprint density at radius 2 is 1.71 bits per heavy atom. The lowest BCUT2D eigenvalue weighted by atomic mass is 9.67. The summed E-state index contributed by atoms with van der Waals surface area (Å²) in [5.41, 5.74) is 9.00. The summed E-state index contributed by atoms with van der Waals surface area (Å²) in [7, 11) is 3.49. The first kappa shape index (κ1) is 16.3. The van der Waals surface area contributed by atoms with Gasteiger partial charge in [-0.3, -0.25) is 0 Å². The van der Waals surface area contributed by atoms with E-state index in [4.69, 9.17) is 15.2 Å². The van der Waals surface area contributed by atoms with Crippen molar-refractivity contribution >= 4 is 0 Å². The maximum atomic E-state index is 6.64. The number of methoxy groups -OCH3 is 2. The average Bonchev–Trinajstić information content (AvgIpc) is 2.47. The molecule has 2 N–H and O–H groups in total. The quantitative estimate of drug-likeness (QED) is 0.912. The van der Waals surface area contributed by atoms with Crippen molar-refractivity contribution in [3.05, 3.63) is 29.3 Å². The first-order valence-electron chi connectivity index (χ1n) is 7.79. The lowest BCUT2D eigenvalue weighted by molar-refractivity contribution is -0.0797. The Kier molecular flexibility index (Phi) is 4.64. The predicted molar refractivity (Wildman–Crippen MR) is 86.6 cm³/mol. The molecule has 3 nitrogen and oxygen atoms in total. The van der Waals surface area contributed by atoms with Gasteiger partial charge in [-0.2, -0.15) is 0 Å². The maximum Gasteiger partial charge on any atom is 0.123 e. The molecule has 1 aliphatic carbocycles. The number of hydrogen-bond donors (Lipinski definition) is 1. The average molecular weight is 291 g/mol. The van der Waals surface area contributed by atoms with E-state index in [-0.39, 0.29) is 11.6 Å². The molecular weight excluding hydrogens is 262 g/mol. The van der Waals surface area contributed by atoms with Crippen molar-refractivity contribution in [2.75, 3.05) is 14.2 Å². The Bertz CT molecular complexity index is 486. The minimum Gasteiger partial charge on any atom is -0.496 e. The van der Waals surface area contributed by atoms with E-state index in [0.717, 1.165) is 37.0 Å². The number of nitrogens with two attached hydrogens (primary N) is 1. The molecule has 0 heterocycles. The first-order valence-corrected chi connectivity index (χ1v) is 7.79. The van der Waals surface area contributed by atoms with Crippen molar-refractivity contribution in [1.29, 1.82) is 0 Å². The van der Waals surface area contributed by atoms with Crippen LogP contribution in [0.15, 0.2) is 18.2 Å². The maximum absolute atomic E-state index is 6.64. The molecule has 1 fully saturated rings. The van der Waals surface area contributed by atoms with Gasteiger partial charge < -0.3 is 15.2 Å². The fraction of sp³-hybridized carbons (Fsp3) is 0.667. The van der Waals surface area contributed by atoms with Crippen molar-refractivity contribution in [1.82, 2.24) is 0 Å². The van der Waals surface area contributed by atoms with Crippen molar-refractivity contribution < 1.29 is 9.47 Å². The topological polar surface area (TPSA) is 44.5 Å². The normalized spacial score (nSPS) is 21.8. The smallest absolute Gasteiger partial charge is 0.123 e. The Hall–Kier alpha value is -1.06. The highest BCUT2D eigenvalue weighted by atomic mass is 16.5. The monoisotopic (exact) mass is 291 g/mol. The fourth-order valence-corrected chi connectivity index (χ4v) is 3.37. The van der Waals surface area contributed by atoms with E-state index in [0.29, 0.717) is 5.41 Å². The predicted octanol–water partition coefficient (Wildman–Crippen LogP) is 3.99. The summed E-state index contributed by atoms with van der Waals surface area (Å²) >= 11 is 0. The summed E-state index contributed by atoms with van der Waals surface area (Å²) in [6.07, 6.45) is 4.27. The van der Waals surface area contributed by atoms with Crippen LogP contribution in [-0.2, 0) is 4.74 Å². The van der Waals surface area contributed by atoms with Crippen LogP contribution in [0.3, 0.4) is 0 Å². The minimum atomic E-state index is -0.281. The van der Waals surface area contributed by atoms with Gasteiger partial charge >= 0.3 is 0 Å². The van der Waals surface area contributed by atoms with Crippen LogP contribution in [0.1, 0.15) is 56.7 Å². The third-order valence-electron chi connectivity index (χ3n) is 5.14. The zero-order chi connectivity index (χ0) is 15.7. The molecule has 1 atom stereocenters. The van der Waals surface area contributed by atoms with Gasteiger partial charge in [0.25, 0.3) is 0 Å². The van der Waals surface area contributed by atoms with E-state index >= 15 is 0 Å². The third kappa shape index (κ3) is 3.24. The SMILES string of the molecule is COc1ccc(C)cc1C(N)C1(OC)CCC(C)(C)CC1. The van der Waals surface area contributed by atoms with Crippen LogP contribution in [-0.4, -0.2) is 19.8 Å². The molecule has 0 bridgehead atoms. The Morgan fingerprint density at radius 3 is 2.24 bits per heavy atom. The van der Waals surface area contributed by atoms with E-state index < -0.39 is 0 Å². The van der Waals surface area contributed by atoms with Crippen LogP contribution in [0.4, 0.5) is 0 Å². The second-order valence-corrected chi connectivity index (χ2v) is 7.16. The molecule has 2 rings (SSSR count). The molecule has 3 heteroatoms. The highest BCUT2D eigenvalue weighted by Gasteiger charge is 2.44. The van der Waals surface area contributed by atoms with Crippen LogP contribution in [0, 0.1) is 12.3 Å². The van der Waals surface area contributed by atoms with Crippen molar-refractivity contribution in [3.63, 3.8) is 0 Å². The van der Waals surface area contributed by atoms with Crippen LogP contribution < -0.4 is 10.5 Å². The second kappa shape index (κ2) is 5.98. The summed E-state index contributed by atoms with van der Waals surface area (Å²) in [6.45, 7) is 6.73. The highest BCUT2D eigenvalue weighted by molar-refractivity contribution is 5.40. The molecule has 118 valence electrons. The number of aryl methyl sites for hydroxylation is 1. The summed E-state index contributed by atoms with van der Waals surface area (Å²) in [6, 6.07) is 6.02. The molecule has 1 aliphatic rings. The number of rotatable bonds is 4. The van der Waals surface area contributed by atoms with Gasteiger partial charge in [0, 0.05) is 12.7 Å². The largest absolute Gasteiger partial charge is 0.496 e. The minimum absolute atomic E-state index is 0.159. The molecule has 1 unspecified atom stereocenters. The van der Waals surface area contributed by atoms with Gasteiger partial charge in [-0.25, -0.2) is 0 Å². The molecule has 0 aliphatic heterocycles. The zero-order valence-electron chi connectivity index (χ0n) is 14.0. The van der Waals surface area contributed by atoms with Crippen LogP contribution in [0.25, 0.3) is 0 Å². The molecule has 0 saturated heterocycles. The van der Waals surface area contributed by atoms with Gasteiger partial charge in [0.15, 0.2) is 0 Å². The molecule has 0 aromatic heterocycles. The van der Waals surface area contributed by atoms with Crippen molar-refractivity contribution in [2.24, 2.45) is 11.1 Å². The van der Waals surface area contributed by atoms with Gasteiger partial charge in [0.1, 0.15) is 5.75 Å². The zero-order valence-corrected chi connectivity index (χ0v) is 14.0. The molecule has 1 saturated carbocycles. The second-order valence-electron chi connectivity index (χ2n) is 7.16. The van der Waals surface area contributed by atoms with Crippen LogP contribution in [0.2, 0.25) is 0 Å². The van der Waals surface area contributed by atoms with Crippen LogP contribution >= 0.6 is 0 Å². The van der Waals surface area contributed by atoms with E-state index in [1.54, 1.807) is 14.2 Å². The van der Waals surface area contributed by atoms with E-state index in [2.05, 4.69) is 32.9 Å². The molecule has 21 heavy (non-hydrogen) atoms. The van der Waals surface area contributed by atoms with E-state index in [1.807, 2.05) is 6.07 Å². The lowest BCUT2D eigenvalue weighted by Gasteiger charge is -2.46. The van der Waals surface area contributed by atoms with E-state index in [9.17, 15) is 0 Å². The Morgan fingerprint density at radius 1 is 1.10 bits per heavy atom. The highest BCUT2D eigenvalue weighted by Crippen LogP contribution is 2.47. The number of benzene rings is 1. The Labute approximate surface area is 128 Å². The number of ether oxygens (including phenoxy) is 2. The molecule has 1 aromatic rings. The molecule has 0 radical (unpaired) electrons. The number of hydrogen-bond acceptors (Lipinski definition) is 3. The summed E-state index contributed by atoms with van der Waals surface area (Å²) in [4.78, 5) is 0. The summed E-state index contributed by atoms with van der Waals surface area (Å²) < 4.78 is 11.5. The van der Waals surface area contributed by atoms with Gasteiger partial charge in [-0.05, 0) is 44.1 Å². The standard InChI is InChI=1S/C18H29NO2/c1-13-6-7-15(20-4)14(12-13)16(19)18(21-5)10-8-17(2,3)9-11-18/h6-7,12,16H,8-11,19H2,1-5H3. The first-order chi connectivity index (χ1) is 9.83. The van der Waals surface area contributed by atoms with Gasteiger partial charge in [-0.15, -0.1) is 0 Å². The molecule has 0 spiro atoms. The molecule has 0 amide bonds. The third-order valence-corrected chi connectivity index (χ3v) is 5.14. The van der Waals surface area contributed by atoms with E-state index in [1.165, 1.54) is 5.56 Å². The van der Waals surface area contributed by atoms with Gasteiger partial charge in [0.2, 0.25) is 0 Å². The van der Waals surface area contributed by atoms with Crippen molar-refractivity contribution in [3.8, 4) is 5.75 Å². The Balaban J connectivity index is 2.33. The van der Waals surface area contributed by atoms with Gasteiger partial charge in [-0.1, -0.05) is 31.5 Å². The lowest BCUT2D eigenvalue weighted by Crippen LogP contribution is -2.47. The fourth-order valence-electron chi connectivity index (χ4n) is 3.37. The van der Waals surface area contributed by atoms with Gasteiger partial charge in [0.05, 0.1) is 18.8 Å². The molecular formula is C18H29NO2. The van der Waals surface area contributed by atoms with Crippen molar-refractivity contribution in [2.45, 2.75) is 58.1 Å². The molecule has 1 aromatic carbocycles. The van der Waals surface area contributed by atoms with Crippen LogP contribution in [0.5, 0.6) is 5.75 Å². The summed E-state index contributed by atoms with van der Waals surface area (Å²) in [5.74, 6) is 0.856.